The first-order valence-electron chi connectivity index (χ1n) is 28.2. The summed E-state index contributed by atoms with van der Waals surface area (Å²) in [6, 6.07) is 27.0. The number of fused-ring (bicyclic) bond motifs is 2. The van der Waals surface area contributed by atoms with Gasteiger partial charge in [0.25, 0.3) is 0 Å². The standard InChI is InChI=1S/C60H105NSi4/c1-13-17-21-25-28-32-44-62(5,6)51-36-38-55-53(40-42-59(57(55)47-51)63(7,8)45-33-29-26-22-18-14-2)54-41-43-60(64(9,10)46-34-30-27-23-19-15-3)58-48-52(37-39-56(54)58)65(11,12)49-50(61)35-31-24-20-16-4/h36-40,42-43,47-48,50,54H,13-35,41,44-46,49,61H2,1-12H3/t50-,54?/m1/s1. The zero-order chi connectivity index (χ0) is 47.5. The third-order valence-electron chi connectivity index (χ3n) is 16.4. The molecule has 5 heteroatoms. The van der Waals surface area contributed by atoms with E-state index in [1.165, 1.54) is 172 Å². The second-order valence-electron chi connectivity index (χ2n) is 24.1. The number of unbranched alkanes of at least 4 members (excludes halogenated alkanes) is 18. The summed E-state index contributed by atoms with van der Waals surface area (Å²) in [5.74, 6) is 0.395. The smallest absolute Gasteiger partial charge is 0.0821 e. The van der Waals surface area contributed by atoms with Crippen molar-refractivity contribution in [1.82, 2.24) is 0 Å². The van der Waals surface area contributed by atoms with Crippen molar-refractivity contribution in [3.8, 4) is 0 Å². The van der Waals surface area contributed by atoms with Crippen LogP contribution < -0.4 is 21.3 Å². The molecule has 1 aliphatic rings. The van der Waals surface area contributed by atoms with E-state index in [9.17, 15) is 0 Å². The van der Waals surface area contributed by atoms with Gasteiger partial charge in [0.1, 0.15) is 0 Å². The van der Waals surface area contributed by atoms with Crippen molar-refractivity contribution in [2.24, 2.45) is 5.73 Å². The highest BCUT2D eigenvalue weighted by atomic mass is 28.3. The van der Waals surface area contributed by atoms with Crippen molar-refractivity contribution in [3.05, 3.63) is 71.3 Å². The van der Waals surface area contributed by atoms with E-state index in [0.717, 1.165) is 6.42 Å². The largest absolute Gasteiger partial charge is 0.328 e. The minimum absolute atomic E-state index is 0.313. The minimum atomic E-state index is -1.77. The maximum Gasteiger partial charge on any atom is 0.0821 e. The van der Waals surface area contributed by atoms with E-state index in [4.69, 9.17) is 5.73 Å². The van der Waals surface area contributed by atoms with Gasteiger partial charge in [0.05, 0.1) is 32.3 Å². The Morgan fingerprint density at radius 3 is 1.49 bits per heavy atom. The van der Waals surface area contributed by atoms with Gasteiger partial charge in [-0.2, -0.15) is 0 Å². The molecule has 4 rings (SSSR count). The summed E-state index contributed by atoms with van der Waals surface area (Å²) in [6.45, 7) is 30.7. The molecule has 1 aliphatic carbocycles. The Bertz CT molecular complexity index is 1870. The van der Waals surface area contributed by atoms with Crippen LogP contribution in [0.25, 0.3) is 16.0 Å². The Morgan fingerprint density at radius 2 is 0.923 bits per heavy atom. The number of hydrogen-bond donors (Lipinski definition) is 1. The zero-order valence-corrected chi connectivity index (χ0v) is 49.2. The number of rotatable bonds is 33. The van der Waals surface area contributed by atoms with Gasteiger partial charge in [0, 0.05) is 12.0 Å². The van der Waals surface area contributed by atoms with Gasteiger partial charge in [-0.05, 0) is 46.3 Å². The number of hydrogen-bond acceptors (Lipinski definition) is 1. The van der Waals surface area contributed by atoms with Gasteiger partial charge in [0.2, 0.25) is 0 Å². The van der Waals surface area contributed by atoms with E-state index < -0.39 is 32.3 Å². The van der Waals surface area contributed by atoms with Crippen molar-refractivity contribution >= 4 is 63.8 Å². The van der Waals surface area contributed by atoms with Gasteiger partial charge in [-0.1, -0.05) is 315 Å². The number of nitrogens with two attached hydrogens (primary N) is 1. The van der Waals surface area contributed by atoms with Crippen molar-refractivity contribution in [2.45, 2.75) is 270 Å². The summed E-state index contributed by atoms with van der Waals surface area (Å²) in [5.41, 5.74) is 11.8. The second kappa shape index (κ2) is 27.6. The quantitative estimate of drug-likeness (QED) is 0.0478. The molecule has 0 saturated carbocycles. The molecule has 0 aliphatic heterocycles. The fraction of sp³-hybridized carbons (Fsp3) is 0.700. The molecule has 1 unspecified atom stereocenters. The lowest BCUT2D eigenvalue weighted by molar-refractivity contribution is 0.572. The summed E-state index contributed by atoms with van der Waals surface area (Å²) >= 11 is 0. The third kappa shape index (κ3) is 16.8. The predicted octanol–water partition coefficient (Wildman–Crippen LogP) is 18.1. The Labute approximate surface area is 408 Å². The lowest BCUT2D eigenvalue weighted by Gasteiger charge is -2.36. The molecule has 3 aromatic carbocycles. The molecule has 0 bridgehead atoms. The molecule has 0 saturated heterocycles. The Kier molecular flexibility index (Phi) is 23.8. The number of allylic oxidation sites excluding steroid dienone is 1. The van der Waals surface area contributed by atoms with Gasteiger partial charge in [0.15, 0.2) is 0 Å². The van der Waals surface area contributed by atoms with E-state index in [2.05, 4.69) is 135 Å². The van der Waals surface area contributed by atoms with E-state index in [1.54, 1.807) is 48.2 Å². The van der Waals surface area contributed by atoms with Crippen LogP contribution in [-0.2, 0) is 0 Å². The molecular formula is C60H105NSi4. The molecule has 0 amide bonds. The molecule has 0 fully saturated rings. The van der Waals surface area contributed by atoms with Gasteiger partial charge >= 0.3 is 0 Å². The van der Waals surface area contributed by atoms with Crippen LogP contribution in [0.2, 0.25) is 76.6 Å². The van der Waals surface area contributed by atoms with Crippen LogP contribution in [0.5, 0.6) is 0 Å². The summed E-state index contributed by atoms with van der Waals surface area (Å²) in [5, 5.41) is 9.98. The monoisotopic (exact) mass is 952 g/mol. The Balaban J connectivity index is 1.79. The van der Waals surface area contributed by atoms with Crippen molar-refractivity contribution < 1.29 is 0 Å². The van der Waals surface area contributed by atoms with Crippen LogP contribution in [-0.4, -0.2) is 38.3 Å². The van der Waals surface area contributed by atoms with Crippen LogP contribution in [0.1, 0.15) is 204 Å². The molecule has 3 aromatic rings. The summed E-state index contributed by atoms with van der Waals surface area (Å²) in [7, 11) is -6.75. The first-order chi connectivity index (χ1) is 31.0. The molecule has 0 spiro atoms. The summed E-state index contributed by atoms with van der Waals surface area (Å²) in [4.78, 5) is 0. The van der Waals surface area contributed by atoms with Crippen LogP contribution >= 0.6 is 0 Å². The number of benzene rings is 3. The molecule has 366 valence electrons. The van der Waals surface area contributed by atoms with Crippen molar-refractivity contribution in [1.29, 1.82) is 0 Å². The zero-order valence-electron chi connectivity index (χ0n) is 45.2. The first kappa shape index (κ1) is 56.1. The molecule has 0 aromatic heterocycles. The second-order valence-corrected chi connectivity index (χ2v) is 43.3. The Hall–Kier alpha value is -1.51. The molecule has 1 nitrogen and oxygen atoms in total. The van der Waals surface area contributed by atoms with Crippen LogP contribution in [0.3, 0.4) is 0 Å². The normalized spacial score (nSPS) is 15.4. The van der Waals surface area contributed by atoms with E-state index in [-0.39, 0.29) is 0 Å². The minimum Gasteiger partial charge on any atom is -0.328 e. The van der Waals surface area contributed by atoms with Gasteiger partial charge in [-0.25, -0.2) is 0 Å². The van der Waals surface area contributed by atoms with Crippen LogP contribution in [0.4, 0.5) is 0 Å². The highest BCUT2D eigenvalue weighted by molar-refractivity contribution is 6.95. The van der Waals surface area contributed by atoms with Gasteiger partial charge < -0.3 is 5.73 Å². The SMILES string of the molecule is CCCCCCCC[Si](C)(C)C1=CCC(c2ccc([Si](C)(C)CCCCCCCC)c3cc([Si](C)(C)CCCCCCCC)ccc23)c2ccc([Si](C)(C)C[C@H](N)CCCCCC)cc21. The van der Waals surface area contributed by atoms with Crippen molar-refractivity contribution in [2.75, 3.05) is 0 Å². The summed E-state index contributed by atoms with van der Waals surface area (Å²) < 4.78 is 0. The van der Waals surface area contributed by atoms with Gasteiger partial charge in [-0.15, -0.1) is 0 Å². The molecular weight excluding hydrogens is 847 g/mol. The van der Waals surface area contributed by atoms with E-state index in [1.807, 2.05) is 0 Å². The topological polar surface area (TPSA) is 26.0 Å². The first-order valence-corrected chi connectivity index (χ1v) is 41.0. The molecule has 0 radical (unpaired) electrons. The highest BCUT2D eigenvalue weighted by Gasteiger charge is 2.36. The maximum absolute atomic E-state index is 6.98. The van der Waals surface area contributed by atoms with Crippen LogP contribution in [0, 0.1) is 0 Å². The van der Waals surface area contributed by atoms with Crippen molar-refractivity contribution in [3.63, 3.8) is 0 Å². The van der Waals surface area contributed by atoms with Gasteiger partial charge in [-0.3, -0.25) is 0 Å². The lowest BCUT2D eigenvalue weighted by Crippen LogP contribution is -2.46. The maximum atomic E-state index is 6.98. The molecule has 2 N–H and O–H groups in total. The molecule has 65 heavy (non-hydrogen) atoms. The highest BCUT2D eigenvalue weighted by Crippen LogP contribution is 2.45. The summed E-state index contributed by atoms with van der Waals surface area (Å²) in [6.07, 6.45) is 35.3. The Morgan fingerprint density at radius 1 is 0.462 bits per heavy atom. The third-order valence-corrected chi connectivity index (χ3v) is 30.3. The fourth-order valence-electron chi connectivity index (χ4n) is 11.8. The lowest BCUT2D eigenvalue weighted by atomic mass is 9.80. The average molecular weight is 953 g/mol. The average Bonchev–Trinajstić information content (AvgIpc) is 3.27. The van der Waals surface area contributed by atoms with Crippen LogP contribution in [0.15, 0.2) is 54.6 Å². The molecule has 0 heterocycles. The fourth-order valence-corrected chi connectivity index (χ4v) is 23.0. The van der Waals surface area contributed by atoms with E-state index in [0.29, 0.717) is 12.0 Å². The molecule has 2 atom stereocenters. The van der Waals surface area contributed by atoms with E-state index >= 15 is 0 Å². The predicted molar refractivity (Wildman–Crippen MR) is 310 cm³/mol.